The van der Waals surface area contributed by atoms with Crippen molar-refractivity contribution in [3.8, 4) is 0 Å². The van der Waals surface area contributed by atoms with Crippen molar-refractivity contribution < 1.29 is 4.79 Å². The van der Waals surface area contributed by atoms with Crippen LogP contribution in [-0.4, -0.2) is 46.2 Å². The molecule has 0 saturated carbocycles. The summed E-state index contributed by atoms with van der Waals surface area (Å²) in [6.07, 6.45) is 6.33. The topological polar surface area (TPSA) is 62.5 Å². The smallest absolute Gasteiger partial charge is 0.240 e. The van der Waals surface area contributed by atoms with Crippen molar-refractivity contribution >= 4 is 23.7 Å². The van der Waals surface area contributed by atoms with Crippen LogP contribution in [0.5, 0.6) is 0 Å². The third kappa shape index (κ3) is 5.40. The molecular formula is C24H26ClN5O. The highest BCUT2D eigenvalue weighted by Crippen LogP contribution is 2.18. The first-order valence-corrected chi connectivity index (χ1v) is 10.8. The number of hydrogen-bond donors (Lipinski definition) is 1. The van der Waals surface area contributed by atoms with E-state index in [0.29, 0.717) is 18.1 Å². The number of halogens is 1. The van der Waals surface area contributed by atoms with Crippen molar-refractivity contribution in [3.05, 3.63) is 88.5 Å². The summed E-state index contributed by atoms with van der Waals surface area (Å²) in [5.74, 6) is 0.138. The highest BCUT2D eigenvalue weighted by atomic mass is 35.5. The number of carbonyl (C=O) groups is 1. The molecule has 1 aliphatic heterocycles. The van der Waals surface area contributed by atoms with E-state index in [1.54, 1.807) is 7.05 Å². The van der Waals surface area contributed by atoms with Gasteiger partial charge in [-0.3, -0.25) is 9.79 Å². The Kier molecular flexibility index (Phi) is 6.79. The second-order valence-corrected chi connectivity index (χ2v) is 8.19. The maximum atomic E-state index is 12.8. The third-order valence-corrected chi connectivity index (χ3v) is 5.73. The molecular weight excluding hydrogens is 410 g/mol. The number of amides is 1. The van der Waals surface area contributed by atoms with E-state index in [4.69, 9.17) is 11.6 Å². The number of aromatic nitrogens is 2. The van der Waals surface area contributed by atoms with Gasteiger partial charge in [0.25, 0.3) is 0 Å². The molecule has 160 valence electrons. The monoisotopic (exact) mass is 435 g/mol. The lowest BCUT2D eigenvalue weighted by molar-refractivity contribution is -0.129. The van der Waals surface area contributed by atoms with Crippen LogP contribution in [0.2, 0.25) is 5.02 Å². The molecule has 1 aromatic heterocycles. The van der Waals surface area contributed by atoms with Gasteiger partial charge >= 0.3 is 0 Å². The Balaban J connectivity index is 1.33. The number of carbonyl (C=O) groups excluding carboxylic acids is 1. The van der Waals surface area contributed by atoms with E-state index in [1.807, 2.05) is 47.9 Å². The minimum atomic E-state index is -0.171. The number of imidazole rings is 1. The minimum Gasteiger partial charge on any atom is -0.337 e. The first kappa shape index (κ1) is 21.3. The summed E-state index contributed by atoms with van der Waals surface area (Å²) >= 11 is 6.07. The second kappa shape index (κ2) is 9.90. The molecule has 1 aliphatic rings. The summed E-state index contributed by atoms with van der Waals surface area (Å²) in [6.45, 7) is 2.67. The van der Waals surface area contributed by atoms with E-state index in [2.05, 4.69) is 44.1 Å². The Labute approximate surface area is 187 Å². The largest absolute Gasteiger partial charge is 0.337 e. The van der Waals surface area contributed by atoms with Crippen molar-refractivity contribution in [1.82, 2.24) is 19.8 Å². The van der Waals surface area contributed by atoms with Gasteiger partial charge in [0.05, 0.1) is 18.1 Å². The number of nitrogens with zero attached hydrogens (tertiary/aromatic N) is 4. The molecule has 0 bridgehead atoms. The second-order valence-electron chi connectivity index (χ2n) is 7.75. The van der Waals surface area contributed by atoms with E-state index >= 15 is 0 Å². The fourth-order valence-corrected chi connectivity index (χ4v) is 4.07. The first-order chi connectivity index (χ1) is 15.1. The van der Waals surface area contributed by atoms with Gasteiger partial charge in [0.2, 0.25) is 5.91 Å². The summed E-state index contributed by atoms with van der Waals surface area (Å²) < 4.78 is 2.11. The molecule has 1 saturated heterocycles. The molecule has 6 nitrogen and oxygen atoms in total. The lowest BCUT2D eigenvalue weighted by Crippen LogP contribution is -2.38. The quantitative estimate of drug-likeness (QED) is 0.550. The fraction of sp³-hybridized carbons (Fsp3) is 0.292. The summed E-state index contributed by atoms with van der Waals surface area (Å²) in [7, 11) is 1.77. The van der Waals surface area contributed by atoms with Gasteiger partial charge in [0.1, 0.15) is 0 Å². The average Bonchev–Trinajstić information content (AvgIpc) is 3.35. The maximum Gasteiger partial charge on any atom is 0.240 e. The van der Waals surface area contributed by atoms with Crippen LogP contribution in [0.15, 0.2) is 66.0 Å². The highest BCUT2D eigenvalue weighted by molar-refractivity contribution is 6.30. The SMILES string of the molecule is CN=Cc1ccc(Cn2cncc2CNC2CCN(Cc3cccc(Cl)c3)C2=O)cc1. The Morgan fingerprint density at radius 2 is 2.03 bits per heavy atom. The Morgan fingerprint density at radius 1 is 1.19 bits per heavy atom. The normalized spacial score (nSPS) is 16.5. The summed E-state index contributed by atoms with van der Waals surface area (Å²) in [5.41, 5.74) is 4.38. The predicted molar refractivity (Wildman–Crippen MR) is 123 cm³/mol. The zero-order chi connectivity index (χ0) is 21.6. The van der Waals surface area contributed by atoms with Crippen molar-refractivity contribution in [3.63, 3.8) is 0 Å². The van der Waals surface area contributed by atoms with E-state index < -0.39 is 0 Å². The van der Waals surface area contributed by atoms with Crippen molar-refractivity contribution in [2.24, 2.45) is 4.99 Å². The van der Waals surface area contributed by atoms with Gasteiger partial charge in [-0.15, -0.1) is 0 Å². The summed E-state index contributed by atoms with van der Waals surface area (Å²) in [5, 5.41) is 4.11. The zero-order valence-electron chi connectivity index (χ0n) is 17.5. The Morgan fingerprint density at radius 3 is 2.81 bits per heavy atom. The molecule has 1 fully saturated rings. The Bertz CT molecular complexity index is 1060. The van der Waals surface area contributed by atoms with Crippen LogP contribution in [0.1, 0.15) is 28.8 Å². The van der Waals surface area contributed by atoms with Crippen LogP contribution in [0.25, 0.3) is 0 Å². The van der Waals surface area contributed by atoms with Crippen LogP contribution in [-0.2, 0) is 24.4 Å². The standard InChI is InChI=1S/C24H26ClN5O/c1-26-12-18-5-7-19(8-6-18)15-30-17-27-13-22(30)14-28-23-9-10-29(24(23)31)16-20-3-2-4-21(25)11-20/h2-8,11-13,17,23,28H,9-10,14-16H2,1H3. The molecule has 2 aromatic carbocycles. The molecule has 2 heterocycles. The maximum absolute atomic E-state index is 12.8. The van der Waals surface area contributed by atoms with Crippen molar-refractivity contribution in [2.75, 3.05) is 13.6 Å². The van der Waals surface area contributed by atoms with Crippen molar-refractivity contribution in [1.29, 1.82) is 0 Å². The number of nitrogens with one attached hydrogen (secondary N) is 1. The molecule has 3 aromatic rings. The van der Waals surface area contributed by atoms with E-state index in [-0.39, 0.29) is 11.9 Å². The molecule has 0 radical (unpaired) electrons. The number of benzene rings is 2. The van der Waals surface area contributed by atoms with Gasteiger partial charge in [-0.05, 0) is 35.2 Å². The molecule has 4 rings (SSSR count). The van der Waals surface area contributed by atoms with E-state index in [9.17, 15) is 4.79 Å². The van der Waals surface area contributed by atoms with Crippen molar-refractivity contribution in [2.45, 2.75) is 32.1 Å². The predicted octanol–water partition coefficient (Wildman–Crippen LogP) is 3.52. The first-order valence-electron chi connectivity index (χ1n) is 10.4. The number of aliphatic imine (C=N–C) groups is 1. The van der Waals surface area contributed by atoms with Crippen LogP contribution < -0.4 is 5.32 Å². The van der Waals surface area contributed by atoms with Gasteiger partial charge in [-0.1, -0.05) is 48.0 Å². The average molecular weight is 436 g/mol. The molecule has 1 unspecified atom stereocenters. The van der Waals surface area contributed by atoms with Gasteiger partial charge in [0.15, 0.2) is 0 Å². The van der Waals surface area contributed by atoms with Gasteiger partial charge < -0.3 is 14.8 Å². The summed E-state index contributed by atoms with van der Waals surface area (Å²) in [6, 6.07) is 15.8. The Hall–Kier alpha value is -2.96. The highest BCUT2D eigenvalue weighted by Gasteiger charge is 2.31. The molecule has 1 atom stereocenters. The van der Waals surface area contributed by atoms with E-state index in [1.165, 1.54) is 5.56 Å². The molecule has 7 heteroatoms. The van der Waals surface area contributed by atoms with Gasteiger partial charge in [-0.25, -0.2) is 4.98 Å². The van der Waals surface area contributed by atoms with Gasteiger partial charge in [0, 0.05) is 50.7 Å². The van der Waals surface area contributed by atoms with Crippen LogP contribution in [0, 0.1) is 0 Å². The lowest BCUT2D eigenvalue weighted by Gasteiger charge is -2.18. The molecule has 1 N–H and O–H groups in total. The molecule has 1 amide bonds. The number of likely N-dealkylation sites (tertiary alicyclic amines) is 1. The molecule has 0 aliphatic carbocycles. The lowest BCUT2D eigenvalue weighted by atomic mass is 10.1. The van der Waals surface area contributed by atoms with Gasteiger partial charge in [-0.2, -0.15) is 0 Å². The van der Waals surface area contributed by atoms with Crippen LogP contribution >= 0.6 is 11.6 Å². The third-order valence-electron chi connectivity index (χ3n) is 5.50. The van der Waals surface area contributed by atoms with E-state index in [0.717, 1.165) is 36.3 Å². The fourth-order valence-electron chi connectivity index (χ4n) is 3.86. The number of rotatable bonds is 8. The van der Waals surface area contributed by atoms with Crippen LogP contribution in [0.3, 0.4) is 0 Å². The molecule has 31 heavy (non-hydrogen) atoms. The minimum absolute atomic E-state index is 0.138. The zero-order valence-corrected chi connectivity index (χ0v) is 18.3. The molecule has 0 spiro atoms. The van der Waals surface area contributed by atoms with Crippen LogP contribution in [0.4, 0.5) is 0 Å². The number of hydrogen-bond acceptors (Lipinski definition) is 4. The summed E-state index contributed by atoms with van der Waals surface area (Å²) in [4.78, 5) is 23.0.